The monoisotopic (exact) mass is 484 g/mol. The number of furan rings is 1. The highest BCUT2D eigenvalue weighted by atomic mass is 16.4. The zero-order valence-electron chi connectivity index (χ0n) is 20.3. The fraction of sp³-hybridized carbons (Fsp3) is 0. The van der Waals surface area contributed by atoms with Gasteiger partial charge in [-0.05, 0) is 66.0 Å². The largest absolute Gasteiger partial charge is 0.504 e. The smallest absolute Gasteiger partial charge is 0.177 e. The lowest BCUT2D eigenvalue weighted by Crippen LogP contribution is -1.85. The van der Waals surface area contributed by atoms with Gasteiger partial charge in [0.25, 0.3) is 0 Å². The highest BCUT2D eigenvalue weighted by Crippen LogP contribution is 2.47. The number of fused-ring (bicyclic) bond motifs is 15. The molecule has 0 aliphatic carbocycles. The molecule has 0 unspecified atom stereocenters. The SMILES string of the molecule is Oc1cc2ccc3ccc4ccccc4c3c2c2c1oc1ccc3ccc4ccc5ccccc5c4c3c12. The molecule has 0 saturated carbocycles. The van der Waals surface area contributed by atoms with Gasteiger partial charge in [0, 0.05) is 21.5 Å². The van der Waals surface area contributed by atoms with Gasteiger partial charge in [-0.15, -0.1) is 0 Å². The van der Waals surface area contributed by atoms with Crippen LogP contribution in [0.5, 0.6) is 5.75 Å². The van der Waals surface area contributed by atoms with Crippen LogP contribution in [-0.2, 0) is 0 Å². The summed E-state index contributed by atoms with van der Waals surface area (Å²) in [6.07, 6.45) is 0. The third-order valence-electron chi connectivity index (χ3n) is 8.26. The third kappa shape index (κ3) is 2.47. The van der Waals surface area contributed by atoms with Gasteiger partial charge in [-0.3, -0.25) is 0 Å². The molecule has 2 nitrogen and oxygen atoms in total. The molecule has 38 heavy (non-hydrogen) atoms. The summed E-state index contributed by atoms with van der Waals surface area (Å²) in [5.41, 5.74) is 1.32. The van der Waals surface area contributed by atoms with Crippen molar-refractivity contribution in [1.82, 2.24) is 0 Å². The van der Waals surface area contributed by atoms with Crippen LogP contribution in [0.1, 0.15) is 0 Å². The molecule has 0 saturated heterocycles. The summed E-state index contributed by atoms with van der Waals surface area (Å²) in [7, 11) is 0. The van der Waals surface area contributed by atoms with Gasteiger partial charge in [-0.2, -0.15) is 0 Å². The number of hydrogen-bond donors (Lipinski definition) is 1. The Labute approximate surface area is 216 Å². The molecule has 0 fully saturated rings. The Balaban J connectivity index is 1.67. The van der Waals surface area contributed by atoms with Gasteiger partial charge in [0.1, 0.15) is 5.58 Å². The molecule has 8 aromatic carbocycles. The molecule has 0 bridgehead atoms. The van der Waals surface area contributed by atoms with Crippen molar-refractivity contribution >= 4 is 86.6 Å². The highest BCUT2D eigenvalue weighted by Gasteiger charge is 2.21. The minimum absolute atomic E-state index is 0.168. The molecule has 9 aromatic rings. The molecular weight excluding hydrogens is 464 g/mol. The molecule has 2 heteroatoms. The molecular formula is C36H20O2. The zero-order valence-corrected chi connectivity index (χ0v) is 20.3. The van der Waals surface area contributed by atoms with Crippen molar-refractivity contribution in [1.29, 1.82) is 0 Å². The van der Waals surface area contributed by atoms with E-state index in [0.717, 1.165) is 32.5 Å². The summed E-state index contributed by atoms with van der Waals surface area (Å²) >= 11 is 0. The number of rotatable bonds is 0. The summed E-state index contributed by atoms with van der Waals surface area (Å²) in [6.45, 7) is 0. The van der Waals surface area contributed by atoms with Crippen molar-refractivity contribution < 1.29 is 9.52 Å². The fourth-order valence-corrected chi connectivity index (χ4v) is 6.64. The molecule has 0 spiro atoms. The Morgan fingerprint density at radius 2 is 0.868 bits per heavy atom. The second kappa shape index (κ2) is 7.02. The number of hydrogen-bond acceptors (Lipinski definition) is 2. The summed E-state index contributed by atoms with van der Waals surface area (Å²) in [6, 6.07) is 40.6. The minimum Gasteiger partial charge on any atom is -0.504 e. The lowest BCUT2D eigenvalue weighted by atomic mass is 9.90. The van der Waals surface area contributed by atoms with Gasteiger partial charge in [0.15, 0.2) is 11.3 Å². The van der Waals surface area contributed by atoms with E-state index in [1.807, 2.05) is 12.1 Å². The molecule has 0 aliphatic rings. The maximum atomic E-state index is 11.2. The van der Waals surface area contributed by atoms with Crippen LogP contribution in [-0.4, -0.2) is 5.11 Å². The molecule has 0 atom stereocenters. The summed E-state index contributed by atoms with van der Waals surface area (Å²) in [5, 5.41) is 27.3. The quantitative estimate of drug-likeness (QED) is 0.217. The minimum atomic E-state index is 0.168. The lowest BCUT2D eigenvalue weighted by molar-refractivity contribution is 0.469. The number of benzene rings is 8. The zero-order chi connectivity index (χ0) is 25.0. The van der Waals surface area contributed by atoms with E-state index in [4.69, 9.17) is 4.42 Å². The van der Waals surface area contributed by atoms with Gasteiger partial charge in [-0.1, -0.05) is 103 Å². The van der Waals surface area contributed by atoms with Gasteiger partial charge in [-0.25, -0.2) is 0 Å². The second-order valence-corrected chi connectivity index (χ2v) is 10.2. The van der Waals surface area contributed by atoms with E-state index in [9.17, 15) is 5.11 Å². The van der Waals surface area contributed by atoms with E-state index >= 15 is 0 Å². The van der Waals surface area contributed by atoms with Gasteiger partial charge in [0.2, 0.25) is 0 Å². The first-order valence-corrected chi connectivity index (χ1v) is 12.9. The Kier molecular flexibility index (Phi) is 3.70. The molecule has 1 N–H and O–H groups in total. The Morgan fingerprint density at radius 3 is 1.50 bits per heavy atom. The normalized spacial score (nSPS) is 12.3. The molecule has 0 amide bonds. The van der Waals surface area contributed by atoms with Crippen LogP contribution in [0.4, 0.5) is 0 Å². The van der Waals surface area contributed by atoms with E-state index in [1.54, 1.807) is 0 Å². The van der Waals surface area contributed by atoms with Crippen molar-refractivity contribution in [3.05, 3.63) is 115 Å². The molecule has 1 aromatic heterocycles. The summed E-state index contributed by atoms with van der Waals surface area (Å²) in [5.74, 6) is 0.168. The van der Waals surface area contributed by atoms with Crippen LogP contribution in [0.15, 0.2) is 120 Å². The molecule has 9 rings (SSSR count). The van der Waals surface area contributed by atoms with Gasteiger partial charge >= 0.3 is 0 Å². The number of phenolic OH excluding ortho intramolecular Hbond substituents is 1. The maximum Gasteiger partial charge on any atom is 0.177 e. The van der Waals surface area contributed by atoms with Crippen molar-refractivity contribution in [3.63, 3.8) is 0 Å². The lowest BCUT2D eigenvalue weighted by Gasteiger charge is -2.12. The van der Waals surface area contributed by atoms with E-state index in [-0.39, 0.29) is 5.75 Å². The number of phenols is 1. The first-order valence-electron chi connectivity index (χ1n) is 12.9. The van der Waals surface area contributed by atoms with Crippen LogP contribution in [0.2, 0.25) is 0 Å². The second-order valence-electron chi connectivity index (χ2n) is 10.2. The van der Waals surface area contributed by atoms with Crippen LogP contribution in [0, 0.1) is 0 Å². The van der Waals surface area contributed by atoms with E-state index in [0.29, 0.717) is 5.58 Å². The van der Waals surface area contributed by atoms with Crippen LogP contribution < -0.4 is 0 Å². The maximum absolute atomic E-state index is 11.2. The van der Waals surface area contributed by atoms with Gasteiger partial charge < -0.3 is 9.52 Å². The molecule has 1 heterocycles. The molecule has 176 valence electrons. The van der Waals surface area contributed by atoms with Gasteiger partial charge in [0.05, 0.1) is 0 Å². The first kappa shape index (κ1) is 20.0. The fourth-order valence-electron chi connectivity index (χ4n) is 6.64. The van der Waals surface area contributed by atoms with Crippen LogP contribution >= 0.6 is 0 Å². The summed E-state index contributed by atoms with van der Waals surface area (Å²) < 4.78 is 6.47. The van der Waals surface area contributed by atoms with E-state index in [1.165, 1.54) is 48.5 Å². The molecule has 0 radical (unpaired) electrons. The first-order chi connectivity index (χ1) is 18.8. The molecule has 0 aliphatic heterocycles. The van der Waals surface area contributed by atoms with Crippen molar-refractivity contribution in [3.8, 4) is 5.75 Å². The standard InChI is InChI=1S/C36H20O2/c37-28-19-25-16-15-23-12-10-21-6-2-4-8-27(21)31(23)33(25)35-34-29(38-36(28)35)18-17-24-14-13-22-11-9-20-5-1-3-7-26(20)30(22)32(24)34/h1-19,37H. The predicted octanol–water partition coefficient (Wildman–Crippen LogP) is 10.2. The van der Waals surface area contributed by atoms with Crippen molar-refractivity contribution in [2.24, 2.45) is 0 Å². The Morgan fingerprint density at radius 1 is 0.395 bits per heavy atom. The van der Waals surface area contributed by atoms with Crippen molar-refractivity contribution in [2.45, 2.75) is 0 Å². The van der Waals surface area contributed by atoms with Crippen LogP contribution in [0.25, 0.3) is 86.6 Å². The van der Waals surface area contributed by atoms with Crippen LogP contribution in [0.3, 0.4) is 0 Å². The Bertz CT molecular complexity index is 2460. The Hall–Kier alpha value is -5.08. The van der Waals surface area contributed by atoms with E-state index in [2.05, 4.69) is 103 Å². The predicted molar refractivity (Wildman–Crippen MR) is 160 cm³/mol. The topological polar surface area (TPSA) is 33.4 Å². The van der Waals surface area contributed by atoms with Crippen molar-refractivity contribution in [2.75, 3.05) is 0 Å². The van der Waals surface area contributed by atoms with E-state index < -0.39 is 0 Å². The highest BCUT2D eigenvalue weighted by molar-refractivity contribution is 6.39. The average molecular weight is 485 g/mol. The third-order valence-corrected chi connectivity index (χ3v) is 8.26. The number of aromatic hydroxyl groups is 1. The average Bonchev–Trinajstić information content (AvgIpc) is 3.37. The summed E-state index contributed by atoms with van der Waals surface area (Å²) in [4.78, 5) is 0.